The van der Waals surface area contributed by atoms with Crippen LogP contribution >= 0.6 is 0 Å². The largest absolute Gasteiger partial charge is 0.462 e. The van der Waals surface area contributed by atoms with Gasteiger partial charge in [0, 0.05) is 6.54 Å². The van der Waals surface area contributed by atoms with Crippen molar-refractivity contribution in [2.75, 3.05) is 13.2 Å². The van der Waals surface area contributed by atoms with E-state index in [-0.39, 0.29) is 18.0 Å². The molecule has 0 heterocycles. The summed E-state index contributed by atoms with van der Waals surface area (Å²) in [5.74, 6) is -0.471. The zero-order chi connectivity index (χ0) is 14.5. The third kappa shape index (κ3) is 4.50. The van der Waals surface area contributed by atoms with Crippen LogP contribution in [0.5, 0.6) is 0 Å². The fraction of sp³-hybridized carbons (Fsp3) is 0.308. The maximum absolute atomic E-state index is 11.9. The monoisotopic (exact) mass is 283 g/mol. The van der Waals surface area contributed by atoms with Crippen LogP contribution in [0.2, 0.25) is 0 Å². The van der Waals surface area contributed by atoms with Crippen molar-refractivity contribution in [1.82, 2.24) is 4.72 Å². The van der Waals surface area contributed by atoms with Crippen LogP contribution in [0.4, 0.5) is 0 Å². The molecule has 1 N–H and O–H groups in total. The number of rotatable bonds is 6. The van der Waals surface area contributed by atoms with Crippen molar-refractivity contribution >= 4 is 16.0 Å². The molecule has 1 rings (SSSR count). The highest BCUT2D eigenvalue weighted by atomic mass is 32.2. The first-order valence-corrected chi connectivity index (χ1v) is 7.26. The van der Waals surface area contributed by atoms with E-state index in [1.165, 1.54) is 24.3 Å². The molecule has 5 nitrogen and oxygen atoms in total. The highest BCUT2D eigenvalue weighted by Crippen LogP contribution is 2.11. The quantitative estimate of drug-likeness (QED) is 0.637. The fourth-order valence-electron chi connectivity index (χ4n) is 1.29. The average molecular weight is 283 g/mol. The van der Waals surface area contributed by atoms with Crippen LogP contribution in [0.25, 0.3) is 0 Å². The second kappa shape index (κ2) is 6.49. The normalized spacial score (nSPS) is 11.1. The SMILES string of the molecule is C=C(C)CNS(=O)(=O)c1ccc(C(=O)OCC)cc1. The molecule has 0 radical (unpaired) electrons. The Morgan fingerprint density at radius 3 is 2.37 bits per heavy atom. The van der Waals surface area contributed by atoms with Gasteiger partial charge >= 0.3 is 5.97 Å². The minimum Gasteiger partial charge on any atom is -0.462 e. The van der Waals surface area contributed by atoms with Crippen LogP contribution in [0, 0.1) is 0 Å². The molecule has 0 atom stereocenters. The van der Waals surface area contributed by atoms with E-state index in [1.807, 2.05) is 0 Å². The summed E-state index contributed by atoms with van der Waals surface area (Å²) < 4.78 is 31.0. The van der Waals surface area contributed by atoms with E-state index in [0.29, 0.717) is 11.1 Å². The molecule has 1 aromatic rings. The highest BCUT2D eigenvalue weighted by molar-refractivity contribution is 7.89. The van der Waals surface area contributed by atoms with E-state index in [1.54, 1.807) is 13.8 Å². The van der Waals surface area contributed by atoms with Crippen LogP contribution in [0.1, 0.15) is 24.2 Å². The molecule has 0 fully saturated rings. The van der Waals surface area contributed by atoms with Crippen LogP contribution in [0.15, 0.2) is 41.3 Å². The minimum atomic E-state index is -3.57. The smallest absolute Gasteiger partial charge is 0.338 e. The van der Waals surface area contributed by atoms with E-state index in [9.17, 15) is 13.2 Å². The molecular formula is C13H17NO4S. The van der Waals surface area contributed by atoms with Gasteiger partial charge in [-0.1, -0.05) is 12.2 Å². The number of carbonyl (C=O) groups is 1. The molecule has 0 saturated carbocycles. The Morgan fingerprint density at radius 2 is 1.89 bits per heavy atom. The molecule has 1 aromatic carbocycles. The van der Waals surface area contributed by atoms with Crippen molar-refractivity contribution in [2.24, 2.45) is 0 Å². The van der Waals surface area contributed by atoms with Gasteiger partial charge in [0.15, 0.2) is 0 Å². The summed E-state index contributed by atoms with van der Waals surface area (Å²) in [4.78, 5) is 11.5. The summed E-state index contributed by atoms with van der Waals surface area (Å²) in [7, 11) is -3.57. The van der Waals surface area contributed by atoms with Crippen LogP contribution in [0.3, 0.4) is 0 Å². The van der Waals surface area contributed by atoms with E-state index in [4.69, 9.17) is 4.74 Å². The van der Waals surface area contributed by atoms with Crippen molar-refractivity contribution in [3.63, 3.8) is 0 Å². The number of hydrogen-bond donors (Lipinski definition) is 1. The van der Waals surface area contributed by atoms with Gasteiger partial charge in [0.1, 0.15) is 0 Å². The molecule has 0 unspecified atom stereocenters. The van der Waals surface area contributed by atoms with Crippen LogP contribution in [-0.2, 0) is 14.8 Å². The lowest BCUT2D eigenvalue weighted by molar-refractivity contribution is 0.0526. The summed E-state index contributed by atoms with van der Waals surface area (Å²) in [5.41, 5.74) is 1.03. The minimum absolute atomic E-state index is 0.0989. The second-order valence-electron chi connectivity index (χ2n) is 4.03. The number of nitrogens with one attached hydrogen (secondary N) is 1. The van der Waals surface area contributed by atoms with Crippen molar-refractivity contribution in [1.29, 1.82) is 0 Å². The molecule has 104 valence electrons. The van der Waals surface area contributed by atoms with Gasteiger partial charge in [0.2, 0.25) is 10.0 Å². The number of ether oxygens (including phenoxy) is 1. The average Bonchev–Trinajstić information content (AvgIpc) is 2.37. The Kier molecular flexibility index (Phi) is 5.26. The Hall–Kier alpha value is -1.66. The topological polar surface area (TPSA) is 72.5 Å². The third-order valence-electron chi connectivity index (χ3n) is 2.24. The molecular weight excluding hydrogens is 266 g/mol. The number of sulfonamides is 1. The van der Waals surface area contributed by atoms with E-state index in [2.05, 4.69) is 11.3 Å². The summed E-state index contributed by atoms with van der Waals surface area (Å²) in [5, 5.41) is 0. The lowest BCUT2D eigenvalue weighted by Gasteiger charge is -2.07. The molecule has 19 heavy (non-hydrogen) atoms. The van der Waals surface area contributed by atoms with Crippen molar-refractivity contribution in [3.8, 4) is 0 Å². The van der Waals surface area contributed by atoms with Crippen LogP contribution in [-0.4, -0.2) is 27.5 Å². The molecule has 6 heteroatoms. The molecule has 0 aromatic heterocycles. The van der Waals surface area contributed by atoms with E-state index in [0.717, 1.165) is 0 Å². The van der Waals surface area contributed by atoms with Gasteiger partial charge in [-0.3, -0.25) is 0 Å². The van der Waals surface area contributed by atoms with Gasteiger partial charge in [-0.15, -0.1) is 0 Å². The molecule has 0 aliphatic carbocycles. The van der Waals surface area contributed by atoms with Gasteiger partial charge in [0.05, 0.1) is 17.1 Å². The first-order chi connectivity index (χ1) is 8.86. The first-order valence-electron chi connectivity index (χ1n) is 5.78. The summed E-state index contributed by atoms with van der Waals surface area (Å²) in [6, 6.07) is 5.58. The lowest BCUT2D eigenvalue weighted by atomic mass is 10.2. The van der Waals surface area contributed by atoms with E-state index < -0.39 is 16.0 Å². The van der Waals surface area contributed by atoms with Gasteiger partial charge in [-0.2, -0.15) is 0 Å². The summed E-state index contributed by atoms with van der Waals surface area (Å²) in [6.07, 6.45) is 0. The highest BCUT2D eigenvalue weighted by Gasteiger charge is 2.14. The van der Waals surface area contributed by atoms with Gasteiger partial charge in [-0.05, 0) is 38.1 Å². The number of benzene rings is 1. The molecule has 0 aliphatic heterocycles. The lowest BCUT2D eigenvalue weighted by Crippen LogP contribution is -2.25. The Balaban J connectivity index is 2.86. The van der Waals surface area contributed by atoms with E-state index >= 15 is 0 Å². The Morgan fingerprint density at radius 1 is 1.32 bits per heavy atom. The molecule has 0 bridgehead atoms. The Labute approximate surface area is 113 Å². The maximum atomic E-state index is 11.9. The number of hydrogen-bond acceptors (Lipinski definition) is 4. The number of esters is 1. The molecule has 0 aliphatic rings. The fourth-order valence-corrected chi connectivity index (χ4v) is 2.38. The van der Waals surface area contributed by atoms with Crippen molar-refractivity contribution in [2.45, 2.75) is 18.7 Å². The van der Waals surface area contributed by atoms with Crippen molar-refractivity contribution in [3.05, 3.63) is 42.0 Å². The zero-order valence-corrected chi connectivity index (χ0v) is 11.8. The molecule has 0 saturated heterocycles. The zero-order valence-electron chi connectivity index (χ0n) is 11.0. The molecule has 0 spiro atoms. The van der Waals surface area contributed by atoms with Crippen LogP contribution < -0.4 is 4.72 Å². The van der Waals surface area contributed by atoms with Gasteiger partial charge in [-0.25, -0.2) is 17.9 Å². The standard InChI is InChI=1S/C13H17NO4S/c1-4-18-13(15)11-5-7-12(8-6-11)19(16,17)14-9-10(2)3/h5-8,14H,2,4,9H2,1,3H3. The number of carbonyl (C=O) groups excluding carboxylic acids is 1. The Bertz CT molecular complexity index is 561. The summed E-state index contributed by atoms with van der Waals surface area (Å²) in [6.45, 7) is 7.52. The van der Waals surface area contributed by atoms with Crippen molar-refractivity contribution < 1.29 is 17.9 Å². The van der Waals surface area contributed by atoms with Gasteiger partial charge in [0.25, 0.3) is 0 Å². The first kappa shape index (κ1) is 15.4. The summed E-state index contributed by atoms with van der Waals surface area (Å²) >= 11 is 0. The predicted molar refractivity (Wildman–Crippen MR) is 72.4 cm³/mol. The van der Waals surface area contributed by atoms with Gasteiger partial charge < -0.3 is 4.74 Å². The predicted octanol–water partition coefficient (Wildman–Crippen LogP) is 1.72. The molecule has 0 amide bonds. The second-order valence-corrected chi connectivity index (χ2v) is 5.79. The third-order valence-corrected chi connectivity index (χ3v) is 3.66. The maximum Gasteiger partial charge on any atom is 0.338 e.